The van der Waals surface area contributed by atoms with Crippen LogP contribution in [0.3, 0.4) is 0 Å². The number of carbonyl (C=O) groups is 1. The molecule has 0 unspecified atom stereocenters. The zero-order chi connectivity index (χ0) is 17.1. The summed E-state index contributed by atoms with van der Waals surface area (Å²) in [6, 6.07) is 11.7. The number of rotatable bonds is 6. The Bertz CT molecular complexity index is 743. The highest BCUT2D eigenvalue weighted by atomic mass is 19.1. The van der Waals surface area contributed by atoms with E-state index in [1.54, 1.807) is 31.3 Å². The van der Waals surface area contributed by atoms with Gasteiger partial charge in [0.2, 0.25) is 0 Å². The fraction of sp³-hybridized carbons (Fsp3) is 0.316. The monoisotopic (exact) mass is 329 g/mol. The summed E-state index contributed by atoms with van der Waals surface area (Å²) in [5.74, 6) is 0.592. The molecule has 0 bridgehead atoms. The summed E-state index contributed by atoms with van der Waals surface area (Å²) in [4.78, 5) is 14.5. The van der Waals surface area contributed by atoms with Crippen molar-refractivity contribution in [2.24, 2.45) is 0 Å². The molecule has 24 heavy (non-hydrogen) atoms. The highest BCUT2D eigenvalue weighted by molar-refractivity contribution is 5.94. The van der Waals surface area contributed by atoms with Gasteiger partial charge in [-0.2, -0.15) is 0 Å². The number of carbonyl (C=O) groups excluding carboxylic acids is 1. The topological polar surface area (TPSA) is 38.8 Å². The fourth-order valence-electron chi connectivity index (χ4n) is 2.73. The molecule has 1 amide bonds. The average molecular weight is 329 g/mol. The molecule has 3 rings (SSSR count). The highest BCUT2D eigenvalue weighted by Gasteiger charge is 2.34. The summed E-state index contributed by atoms with van der Waals surface area (Å²) in [5.41, 5.74) is 0.944. The minimum absolute atomic E-state index is 0.103. The first-order chi connectivity index (χ1) is 11.6. The van der Waals surface area contributed by atoms with Crippen LogP contribution >= 0.6 is 0 Å². The SMILES string of the molecule is COc1ccc(OC)c(CN(C(=O)c2ccccc2F)C2CC2)c1. The van der Waals surface area contributed by atoms with Crippen molar-refractivity contribution in [3.63, 3.8) is 0 Å². The van der Waals surface area contributed by atoms with Crippen molar-refractivity contribution < 1.29 is 18.7 Å². The minimum Gasteiger partial charge on any atom is -0.497 e. The van der Waals surface area contributed by atoms with Gasteiger partial charge in [0.15, 0.2) is 0 Å². The summed E-state index contributed by atoms with van der Waals surface area (Å²) in [7, 11) is 3.18. The van der Waals surface area contributed by atoms with Crippen LogP contribution in [0.4, 0.5) is 4.39 Å². The minimum atomic E-state index is -0.495. The normalized spacial score (nSPS) is 13.5. The van der Waals surface area contributed by atoms with Crippen molar-refractivity contribution >= 4 is 5.91 Å². The average Bonchev–Trinajstić information content (AvgIpc) is 3.44. The quantitative estimate of drug-likeness (QED) is 0.812. The van der Waals surface area contributed by atoms with E-state index in [2.05, 4.69) is 0 Å². The number of nitrogens with zero attached hydrogens (tertiary/aromatic N) is 1. The van der Waals surface area contributed by atoms with Gasteiger partial charge in [-0.25, -0.2) is 4.39 Å². The van der Waals surface area contributed by atoms with Gasteiger partial charge < -0.3 is 14.4 Å². The first kappa shape index (κ1) is 16.3. The van der Waals surface area contributed by atoms with Crippen LogP contribution in [0.1, 0.15) is 28.8 Å². The maximum atomic E-state index is 14.0. The molecule has 0 saturated heterocycles. The Balaban J connectivity index is 1.90. The molecule has 0 atom stereocenters. The van der Waals surface area contributed by atoms with Crippen LogP contribution in [0.25, 0.3) is 0 Å². The second-order valence-corrected chi connectivity index (χ2v) is 5.82. The van der Waals surface area contributed by atoms with Crippen molar-refractivity contribution in [1.29, 1.82) is 0 Å². The molecule has 0 radical (unpaired) electrons. The molecule has 5 heteroatoms. The molecule has 0 spiro atoms. The van der Waals surface area contributed by atoms with Gasteiger partial charge in [0, 0.05) is 11.6 Å². The Kier molecular flexibility index (Phi) is 4.69. The van der Waals surface area contributed by atoms with Crippen LogP contribution in [0.5, 0.6) is 11.5 Å². The van der Waals surface area contributed by atoms with E-state index < -0.39 is 5.82 Å². The first-order valence-corrected chi connectivity index (χ1v) is 7.90. The van der Waals surface area contributed by atoms with E-state index in [1.165, 1.54) is 12.1 Å². The lowest BCUT2D eigenvalue weighted by Gasteiger charge is -2.24. The van der Waals surface area contributed by atoms with E-state index in [1.807, 2.05) is 18.2 Å². The maximum absolute atomic E-state index is 14.0. The maximum Gasteiger partial charge on any atom is 0.257 e. The van der Waals surface area contributed by atoms with E-state index in [0.717, 1.165) is 18.4 Å². The van der Waals surface area contributed by atoms with Gasteiger partial charge in [-0.3, -0.25) is 4.79 Å². The molecule has 1 aliphatic rings. The lowest BCUT2D eigenvalue weighted by Crippen LogP contribution is -2.33. The van der Waals surface area contributed by atoms with Crippen LogP contribution in [0, 0.1) is 5.82 Å². The van der Waals surface area contributed by atoms with Crippen LogP contribution < -0.4 is 9.47 Å². The van der Waals surface area contributed by atoms with Crippen molar-refractivity contribution in [1.82, 2.24) is 4.90 Å². The van der Waals surface area contributed by atoms with E-state index in [-0.39, 0.29) is 17.5 Å². The number of methoxy groups -OCH3 is 2. The Hall–Kier alpha value is -2.56. The summed E-state index contributed by atoms with van der Waals surface area (Å²) in [5, 5.41) is 0. The number of ether oxygens (including phenoxy) is 2. The van der Waals surface area contributed by atoms with Crippen LogP contribution in [-0.2, 0) is 6.54 Å². The molecule has 4 nitrogen and oxygen atoms in total. The van der Waals surface area contributed by atoms with Gasteiger partial charge in [0.05, 0.1) is 26.3 Å². The Labute approximate surface area is 140 Å². The van der Waals surface area contributed by atoms with Crippen LogP contribution in [0.2, 0.25) is 0 Å². The van der Waals surface area contributed by atoms with Crippen molar-refractivity contribution in [3.8, 4) is 11.5 Å². The third-order valence-electron chi connectivity index (χ3n) is 4.18. The second kappa shape index (κ2) is 6.91. The number of amides is 1. The van der Waals surface area contributed by atoms with E-state index in [4.69, 9.17) is 9.47 Å². The Morgan fingerprint density at radius 1 is 1.17 bits per heavy atom. The van der Waals surface area contributed by atoms with Crippen molar-refractivity contribution in [2.45, 2.75) is 25.4 Å². The smallest absolute Gasteiger partial charge is 0.257 e. The predicted octanol–water partition coefficient (Wildman–Crippen LogP) is 3.65. The third-order valence-corrected chi connectivity index (χ3v) is 4.18. The first-order valence-electron chi connectivity index (χ1n) is 7.90. The van der Waals surface area contributed by atoms with Gasteiger partial charge in [-0.05, 0) is 43.2 Å². The van der Waals surface area contributed by atoms with Crippen LogP contribution in [0.15, 0.2) is 42.5 Å². The van der Waals surface area contributed by atoms with E-state index >= 15 is 0 Å². The molecule has 1 aliphatic carbocycles. The van der Waals surface area contributed by atoms with Crippen LogP contribution in [-0.4, -0.2) is 31.1 Å². The van der Waals surface area contributed by atoms with Crippen molar-refractivity contribution in [2.75, 3.05) is 14.2 Å². The number of benzene rings is 2. The molecule has 1 saturated carbocycles. The van der Waals surface area contributed by atoms with E-state index in [0.29, 0.717) is 18.0 Å². The molecular formula is C19H20FNO3. The third kappa shape index (κ3) is 3.35. The molecule has 0 heterocycles. The molecule has 0 N–H and O–H groups in total. The van der Waals surface area contributed by atoms with E-state index in [9.17, 15) is 9.18 Å². The van der Waals surface area contributed by atoms with Gasteiger partial charge in [0.25, 0.3) is 5.91 Å². The summed E-state index contributed by atoms with van der Waals surface area (Å²) >= 11 is 0. The number of hydrogen-bond acceptors (Lipinski definition) is 3. The molecule has 0 aromatic heterocycles. The summed E-state index contributed by atoms with van der Waals surface area (Å²) in [6.45, 7) is 0.359. The lowest BCUT2D eigenvalue weighted by atomic mass is 10.1. The Morgan fingerprint density at radius 3 is 2.54 bits per heavy atom. The Morgan fingerprint density at radius 2 is 1.92 bits per heavy atom. The molecule has 2 aromatic carbocycles. The van der Waals surface area contributed by atoms with Gasteiger partial charge in [-0.15, -0.1) is 0 Å². The molecular weight excluding hydrogens is 309 g/mol. The summed E-state index contributed by atoms with van der Waals surface area (Å²) in [6.07, 6.45) is 1.87. The zero-order valence-corrected chi connectivity index (χ0v) is 13.8. The fourth-order valence-corrected chi connectivity index (χ4v) is 2.73. The lowest BCUT2D eigenvalue weighted by molar-refractivity contribution is 0.0724. The molecule has 0 aliphatic heterocycles. The largest absolute Gasteiger partial charge is 0.497 e. The number of hydrogen-bond donors (Lipinski definition) is 0. The number of halogens is 1. The van der Waals surface area contributed by atoms with Gasteiger partial charge in [-0.1, -0.05) is 12.1 Å². The second-order valence-electron chi connectivity index (χ2n) is 5.82. The van der Waals surface area contributed by atoms with Gasteiger partial charge in [0.1, 0.15) is 17.3 Å². The predicted molar refractivity (Wildman–Crippen MR) is 88.8 cm³/mol. The highest BCUT2D eigenvalue weighted by Crippen LogP contribution is 2.33. The van der Waals surface area contributed by atoms with Crippen molar-refractivity contribution in [3.05, 3.63) is 59.4 Å². The summed E-state index contributed by atoms with van der Waals surface area (Å²) < 4.78 is 24.6. The molecule has 126 valence electrons. The zero-order valence-electron chi connectivity index (χ0n) is 13.8. The molecule has 1 fully saturated rings. The molecule has 2 aromatic rings. The standard InChI is InChI=1S/C19H20FNO3/c1-23-15-9-10-18(24-2)13(11-15)12-21(14-7-8-14)19(22)16-5-3-4-6-17(16)20/h3-6,9-11,14H,7-8,12H2,1-2H3. The van der Waals surface area contributed by atoms with Gasteiger partial charge >= 0.3 is 0 Å².